The van der Waals surface area contributed by atoms with Gasteiger partial charge in [0, 0.05) is 70.1 Å². The van der Waals surface area contributed by atoms with Crippen LogP contribution in [-0.4, -0.2) is 91.7 Å². The molecule has 2 aromatic rings. The van der Waals surface area contributed by atoms with E-state index in [9.17, 15) is 18.0 Å². The molecular formula is C22H30F3N7O2S. The minimum absolute atomic E-state index is 0.0537. The Kier molecular flexibility index (Phi) is 8.29. The zero-order valence-corrected chi connectivity index (χ0v) is 20.4. The van der Waals surface area contributed by atoms with E-state index in [1.165, 1.54) is 17.4 Å². The van der Waals surface area contributed by atoms with Gasteiger partial charge in [0.15, 0.2) is 5.13 Å². The largest absolute Gasteiger partial charge is 0.419 e. The molecular weight excluding hydrogens is 483 g/mol. The average Bonchev–Trinajstić information content (AvgIpc) is 3.18. The number of carbonyl (C=O) groups excluding carboxylic acids is 1. The number of nitrogens with one attached hydrogen (secondary N) is 2. The number of thiazole rings is 1. The lowest BCUT2D eigenvalue weighted by Gasteiger charge is -2.32. The van der Waals surface area contributed by atoms with E-state index in [1.807, 2.05) is 5.38 Å². The molecule has 0 radical (unpaired) electrons. The van der Waals surface area contributed by atoms with E-state index in [2.05, 4.69) is 37.4 Å². The third kappa shape index (κ3) is 6.95. The van der Waals surface area contributed by atoms with Crippen LogP contribution in [0.15, 0.2) is 17.6 Å². The van der Waals surface area contributed by atoms with Gasteiger partial charge < -0.3 is 30.1 Å². The highest BCUT2D eigenvalue weighted by Crippen LogP contribution is 2.36. The molecule has 0 aromatic carbocycles. The molecule has 2 aliphatic rings. The first-order valence-corrected chi connectivity index (χ1v) is 12.5. The van der Waals surface area contributed by atoms with Gasteiger partial charge in [0.05, 0.1) is 11.3 Å². The van der Waals surface area contributed by atoms with Crippen LogP contribution >= 0.6 is 11.3 Å². The molecule has 1 amide bonds. The van der Waals surface area contributed by atoms with E-state index < -0.39 is 11.7 Å². The van der Waals surface area contributed by atoms with Crippen molar-refractivity contribution in [2.24, 2.45) is 0 Å². The molecule has 9 nitrogen and oxygen atoms in total. The smallest absolute Gasteiger partial charge is 0.384 e. The molecule has 2 aromatic heterocycles. The van der Waals surface area contributed by atoms with Crippen LogP contribution in [0.5, 0.6) is 0 Å². The zero-order valence-electron chi connectivity index (χ0n) is 19.6. The highest BCUT2D eigenvalue weighted by molar-refractivity contribution is 7.14. The van der Waals surface area contributed by atoms with Crippen LogP contribution in [-0.2, 0) is 15.7 Å². The van der Waals surface area contributed by atoms with E-state index in [4.69, 9.17) is 4.74 Å². The number of nitrogens with zero attached hydrogens (tertiary/aromatic N) is 5. The van der Waals surface area contributed by atoms with Crippen molar-refractivity contribution in [3.8, 4) is 0 Å². The predicted molar refractivity (Wildman–Crippen MR) is 129 cm³/mol. The van der Waals surface area contributed by atoms with Crippen molar-refractivity contribution in [1.82, 2.24) is 19.8 Å². The molecule has 0 bridgehead atoms. The number of piperazine rings is 1. The molecule has 35 heavy (non-hydrogen) atoms. The summed E-state index contributed by atoms with van der Waals surface area (Å²) in [6.45, 7) is 5.60. The number of anilines is 4. The van der Waals surface area contributed by atoms with Crippen molar-refractivity contribution < 1.29 is 22.7 Å². The highest BCUT2D eigenvalue weighted by Gasteiger charge is 2.34. The summed E-state index contributed by atoms with van der Waals surface area (Å²) in [6.07, 6.45) is -2.45. The van der Waals surface area contributed by atoms with Crippen LogP contribution in [0.1, 0.15) is 18.4 Å². The lowest BCUT2D eigenvalue weighted by atomic mass is 10.2. The second-order valence-electron chi connectivity index (χ2n) is 8.61. The summed E-state index contributed by atoms with van der Waals surface area (Å²) in [5, 5.41) is 8.61. The molecule has 0 spiro atoms. The Hall–Kier alpha value is -2.64. The van der Waals surface area contributed by atoms with E-state index in [1.54, 1.807) is 4.90 Å². The number of pyridine rings is 1. The molecule has 4 heterocycles. The Morgan fingerprint density at radius 2 is 1.97 bits per heavy atom. The normalized spacial score (nSPS) is 18.0. The average molecular weight is 514 g/mol. The maximum Gasteiger partial charge on any atom is 0.419 e. The first kappa shape index (κ1) is 25.5. The van der Waals surface area contributed by atoms with Crippen molar-refractivity contribution in [3.05, 3.63) is 23.2 Å². The van der Waals surface area contributed by atoms with Crippen LogP contribution in [0.4, 0.5) is 35.6 Å². The van der Waals surface area contributed by atoms with Gasteiger partial charge >= 0.3 is 6.18 Å². The van der Waals surface area contributed by atoms with Crippen LogP contribution in [0.25, 0.3) is 0 Å². The first-order valence-electron chi connectivity index (χ1n) is 11.6. The number of hydrogen-bond acceptors (Lipinski definition) is 9. The molecule has 0 saturated carbocycles. The maximum absolute atomic E-state index is 13.6. The van der Waals surface area contributed by atoms with E-state index in [0.29, 0.717) is 31.9 Å². The topological polar surface area (TPSA) is 85.9 Å². The van der Waals surface area contributed by atoms with Gasteiger partial charge in [0.2, 0.25) is 5.91 Å². The number of aromatic nitrogens is 2. The molecule has 2 N–H and O–H groups in total. The monoisotopic (exact) mass is 513 g/mol. The number of rotatable bonds is 8. The second kappa shape index (κ2) is 11.4. The molecule has 2 aliphatic heterocycles. The van der Waals surface area contributed by atoms with Crippen molar-refractivity contribution in [3.63, 3.8) is 0 Å². The minimum Gasteiger partial charge on any atom is -0.384 e. The number of amides is 1. The Morgan fingerprint density at radius 1 is 1.17 bits per heavy atom. The molecule has 2 fully saturated rings. The van der Waals surface area contributed by atoms with Crippen LogP contribution in [0, 0.1) is 0 Å². The lowest BCUT2D eigenvalue weighted by Crippen LogP contribution is -2.44. The quantitative estimate of drug-likeness (QED) is 0.521. The van der Waals surface area contributed by atoms with Crippen LogP contribution in [0.3, 0.4) is 0 Å². The molecule has 0 unspecified atom stereocenters. The summed E-state index contributed by atoms with van der Waals surface area (Å²) < 4.78 is 45.9. The summed E-state index contributed by atoms with van der Waals surface area (Å²) in [4.78, 5) is 26.7. The summed E-state index contributed by atoms with van der Waals surface area (Å²) in [7, 11) is 2.08. The molecule has 4 rings (SSSR count). The summed E-state index contributed by atoms with van der Waals surface area (Å²) in [5.74, 6) is 0.729. The number of halogens is 3. The van der Waals surface area contributed by atoms with Gasteiger partial charge in [-0.05, 0) is 19.9 Å². The number of carbonyl (C=O) groups is 1. The molecule has 2 saturated heterocycles. The van der Waals surface area contributed by atoms with Crippen LogP contribution < -0.4 is 15.5 Å². The molecule has 192 valence electrons. The zero-order chi connectivity index (χ0) is 24.8. The number of ether oxygens (including phenoxy) is 1. The number of alkyl halides is 3. The molecule has 0 atom stereocenters. The van der Waals surface area contributed by atoms with Gasteiger partial charge in [0.1, 0.15) is 18.2 Å². The lowest BCUT2D eigenvalue weighted by molar-refractivity contribution is -0.137. The van der Waals surface area contributed by atoms with E-state index in [-0.39, 0.29) is 30.6 Å². The summed E-state index contributed by atoms with van der Waals surface area (Å²) >= 11 is 1.49. The standard InChI is InChI=1S/C22H30F3N7O2S/c1-30-7-9-32(10-8-30)21-29-19(15-35-21)28-18-12-17(16(13-27-18)22(23,24)25)26-4-2-5-31-6-3-11-34-14-20(31)33/h12-13,15H,2-11,14H2,1H3,(H2,26,27,28). The van der Waals surface area contributed by atoms with E-state index >= 15 is 0 Å². The van der Waals surface area contributed by atoms with Gasteiger partial charge in [-0.2, -0.15) is 13.2 Å². The fraction of sp³-hybridized carbons (Fsp3) is 0.591. The molecule has 13 heteroatoms. The summed E-state index contributed by atoms with van der Waals surface area (Å²) in [5.41, 5.74) is -0.895. The maximum atomic E-state index is 13.6. The van der Waals surface area contributed by atoms with Crippen LogP contribution in [0.2, 0.25) is 0 Å². The Bertz CT molecular complexity index is 996. The minimum atomic E-state index is -4.54. The Balaban J connectivity index is 1.38. The van der Waals surface area contributed by atoms with Gasteiger partial charge in [-0.1, -0.05) is 0 Å². The van der Waals surface area contributed by atoms with Gasteiger partial charge in [0.25, 0.3) is 0 Å². The third-order valence-corrected chi connectivity index (χ3v) is 6.85. The summed E-state index contributed by atoms with van der Waals surface area (Å²) in [6, 6.07) is 1.35. The predicted octanol–water partition coefficient (Wildman–Crippen LogP) is 3.10. The first-order chi connectivity index (χ1) is 16.8. The number of likely N-dealkylation sites (N-methyl/N-ethyl adjacent to an activating group) is 1. The Morgan fingerprint density at radius 3 is 2.74 bits per heavy atom. The third-order valence-electron chi connectivity index (χ3n) is 5.95. The Labute approximate surface area is 206 Å². The number of hydrogen-bond donors (Lipinski definition) is 2. The fourth-order valence-corrected chi connectivity index (χ4v) is 4.77. The SMILES string of the molecule is CN1CCN(c2nc(Nc3cc(NCCCN4CCCOCC4=O)c(C(F)(F)F)cn3)cs2)CC1. The fourth-order valence-electron chi connectivity index (χ4n) is 3.95. The second-order valence-corrected chi connectivity index (χ2v) is 9.45. The van der Waals surface area contributed by atoms with E-state index in [0.717, 1.165) is 43.9 Å². The van der Waals surface area contributed by atoms with Crippen molar-refractivity contribution in [1.29, 1.82) is 0 Å². The van der Waals surface area contributed by atoms with Gasteiger partial charge in [-0.25, -0.2) is 9.97 Å². The van der Waals surface area contributed by atoms with Gasteiger partial charge in [-0.3, -0.25) is 4.79 Å². The van der Waals surface area contributed by atoms with Crippen molar-refractivity contribution in [2.45, 2.75) is 19.0 Å². The van der Waals surface area contributed by atoms with Crippen molar-refractivity contribution in [2.75, 3.05) is 81.6 Å². The van der Waals surface area contributed by atoms with Crippen molar-refractivity contribution >= 4 is 39.7 Å². The highest BCUT2D eigenvalue weighted by atomic mass is 32.1. The molecule has 0 aliphatic carbocycles. The van der Waals surface area contributed by atoms with Gasteiger partial charge in [-0.15, -0.1) is 11.3 Å².